The fraction of sp³-hybridized carbons (Fsp3) is 0.517. The minimum Gasteiger partial charge on any atom is -0.391 e. The van der Waals surface area contributed by atoms with Gasteiger partial charge in [-0.15, -0.1) is 0 Å². The Morgan fingerprint density at radius 2 is 1.89 bits per heavy atom. The largest absolute Gasteiger partial charge is 0.391 e. The first kappa shape index (κ1) is 25.5. The van der Waals surface area contributed by atoms with Crippen LogP contribution in [0.4, 0.5) is 0 Å². The molecule has 2 aliphatic heterocycles. The molecule has 1 aliphatic carbocycles. The number of nitrogens with zero attached hydrogens (tertiary/aromatic N) is 2. The summed E-state index contributed by atoms with van der Waals surface area (Å²) in [6.45, 7) is 7.08. The number of hydrogen-bond acceptors (Lipinski definition) is 4. The monoisotopic (exact) mass is 525 g/mol. The van der Waals surface area contributed by atoms with Gasteiger partial charge >= 0.3 is 0 Å². The van der Waals surface area contributed by atoms with Crippen molar-refractivity contribution in [3.8, 4) is 6.07 Å². The number of likely N-dealkylation sites (tertiary alicyclic amines) is 1. The molecule has 3 fully saturated rings. The molecule has 0 aromatic heterocycles. The van der Waals surface area contributed by atoms with Gasteiger partial charge in [0.25, 0.3) is 0 Å². The topological polar surface area (TPSA) is 76.4 Å². The number of hydrogen-bond donors (Lipinski definition) is 2. The molecule has 6 atom stereocenters. The lowest BCUT2D eigenvalue weighted by atomic mass is 9.63. The highest BCUT2D eigenvalue weighted by atomic mass is 35.5. The van der Waals surface area contributed by atoms with E-state index in [0.717, 1.165) is 24.0 Å². The van der Waals surface area contributed by atoms with Crippen molar-refractivity contribution >= 4 is 29.1 Å². The van der Waals surface area contributed by atoms with Crippen molar-refractivity contribution in [3.05, 3.63) is 69.7 Å². The Morgan fingerprint density at radius 3 is 2.47 bits per heavy atom. The molecule has 190 valence electrons. The molecule has 36 heavy (non-hydrogen) atoms. The predicted octanol–water partition coefficient (Wildman–Crippen LogP) is 5.44. The summed E-state index contributed by atoms with van der Waals surface area (Å²) in [6, 6.07) is 16.8. The number of rotatable bonds is 4. The molecule has 1 amide bonds. The van der Waals surface area contributed by atoms with Crippen molar-refractivity contribution in [2.24, 2.45) is 5.41 Å². The summed E-state index contributed by atoms with van der Waals surface area (Å²) in [5.41, 5.74) is 0.113. The molecule has 2 N–H and O–H groups in total. The Balaban J connectivity index is 1.69. The van der Waals surface area contributed by atoms with Crippen LogP contribution in [0.3, 0.4) is 0 Å². The van der Waals surface area contributed by atoms with E-state index in [0.29, 0.717) is 29.4 Å². The average molecular weight is 527 g/mol. The van der Waals surface area contributed by atoms with Crippen molar-refractivity contribution in [1.82, 2.24) is 10.2 Å². The van der Waals surface area contributed by atoms with E-state index in [2.05, 4.69) is 32.2 Å². The minimum atomic E-state index is -1.03. The minimum absolute atomic E-state index is 0.0426. The smallest absolute Gasteiger partial charge is 0.240 e. The molecule has 1 spiro atoms. The highest BCUT2D eigenvalue weighted by Crippen LogP contribution is 2.54. The summed E-state index contributed by atoms with van der Waals surface area (Å²) in [5, 5.41) is 26.3. The van der Waals surface area contributed by atoms with Gasteiger partial charge < -0.3 is 15.3 Å². The predicted molar refractivity (Wildman–Crippen MR) is 142 cm³/mol. The number of carbonyl (C=O) groups excluding carboxylic acids is 1. The first-order chi connectivity index (χ1) is 17.0. The van der Waals surface area contributed by atoms with Crippen molar-refractivity contribution in [2.75, 3.05) is 6.54 Å². The van der Waals surface area contributed by atoms with Gasteiger partial charge in [-0.1, -0.05) is 68.2 Å². The van der Waals surface area contributed by atoms with Gasteiger partial charge in [-0.05, 0) is 60.1 Å². The van der Waals surface area contributed by atoms with E-state index in [1.165, 1.54) is 0 Å². The molecule has 3 aliphatic rings. The van der Waals surface area contributed by atoms with Crippen molar-refractivity contribution in [1.29, 1.82) is 5.26 Å². The van der Waals surface area contributed by atoms with Gasteiger partial charge in [0.05, 0.1) is 23.8 Å². The molecule has 0 radical (unpaired) electrons. The van der Waals surface area contributed by atoms with Crippen LogP contribution in [-0.4, -0.2) is 46.2 Å². The Hall–Kier alpha value is -2.10. The normalized spacial score (nSPS) is 33.6. The lowest BCUT2D eigenvalue weighted by Gasteiger charge is -2.37. The molecule has 2 heterocycles. The summed E-state index contributed by atoms with van der Waals surface area (Å²) in [6.07, 6.45) is 2.54. The number of nitriles is 1. The summed E-state index contributed by atoms with van der Waals surface area (Å²) >= 11 is 12.7. The van der Waals surface area contributed by atoms with Gasteiger partial charge in [0.2, 0.25) is 5.91 Å². The summed E-state index contributed by atoms with van der Waals surface area (Å²) in [4.78, 5) is 16.2. The maximum Gasteiger partial charge on any atom is 0.240 e. The quantitative estimate of drug-likeness (QED) is 0.556. The molecule has 7 heteroatoms. The number of carbonyl (C=O) groups is 1. The van der Waals surface area contributed by atoms with E-state index in [1.54, 1.807) is 0 Å². The van der Waals surface area contributed by atoms with E-state index in [1.807, 2.05) is 53.4 Å². The van der Waals surface area contributed by atoms with Gasteiger partial charge in [-0.3, -0.25) is 4.79 Å². The second-order valence-electron chi connectivity index (χ2n) is 11.9. The number of benzene rings is 2. The molecule has 2 saturated heterocycles. The van der Waals surface area contributed by atoms with Gasteiger partial charge in [-0.25, -0.2) is 0 Å². The fourth-order valence-corrected chi connectivity index (χ4v) is 7.00. The summed E-state index contributed by atoms with van der Waals surface area (Å²) in [7, 11) is 0. The lowest BCUT2D eigenvalue weighted by molar-refractivity contribution is -0.135. The van der Waals surface area contributed by atoms with Crippen LogP contribution in [0.15, 0.2) is 48.5 Å². The highest BCUT2D eigenvalue weighted by Gasteiger charge is 2.65. The molecule has 2 unspecified atom stereocenters. The van der Waals surface area contributed by atoms with Crippen LogP contribution in [-0.2, 0) is 10.2 Å². The first-order valence-electron chi connectivity index (χ1n) is 12.7. The molecule has 5 nitrogen and oxygen atoms in total. The van der Waals surface area contributed by atoms with Crippen LogP contribution in [0.5, 0.6) is 0 Å². The Kier molecular flexibility index (Phi) is 6.41. The van der Waals surface area contributed by atoms with E-state index in [4.69, 9.17) is 23.2 Å². The maximum absolute atomic E-state index is 14.3. The third-order valence-electron chi connectivity index (χ3n) is 8.35. The molecule has 2 aromatic carbocycles. The van der Waals surface area contributed by atoms with Crippen LogP contribution in [0.25, 0.3) is 0 Å². The fourth-order valence-electron chi connectivity index (χ4n) is 6.68. The zero-order chi connectivity index (χ0) is 25.9. The average Bonchev–Trinajstić information content (AvgIpc) is 3.15. The summed E-state index contributed by atoms with van der Waals surface area (Å²) in [5.74, 6) is -0.519. The number of amides is 1. The molecule has 1 saturated carbocycles. The molecular weight excluding hydrogens is 493 g/mol. The Bertz CT molecular complexity index is 1200. The van der Waals surface area contributed by atoms with Crippen molar-refractivity contribution in [3.63, 3.8) is 0 Å². The number of halogens is 2. The van der Waals surface area contributed by atoms with Crippen LogP contribution in [0.2, 0.25) is 10.0 Å². The van der Waals surface area contributed by atoms with Crippen molar-refractivity contribution < 1.29 is 9.90 Å². The SMILES string of the molecule is CC(C)(C)C[C@H]1N[C@H](C(=O)N2CCCC23CC3O)[C@@H](c2cccc(Cl)c2)[C@]1(C#N)c1ccc(Cl)cc1. The summed E-state index contributed by atoms with van der Waals surface area (Å²) < 4.78 is 0. The number of nitrogens with one attached hydrogen (secondary N) is 1. The molecule has 2 aromatic rings. The van der Waals surface area contributed by atoms with Gasteiger partial charge in [-0.2, -0.15) is 5.26 Å². The maximum atomic E-state index is 14.3. The molecule has 0 bridgehead atoms. The highest BCUT2D eigenvalue weighted by molar-refractivity contribution is 6.30. The van der Waals surface area contributed by atoms with Crippen LogP contribution in [0, 0.1) is 16.7 Å². The Morgan fingerprint density at radius 1 is 1.19 bits per heavy atom. The second-order valence-corrected chi connectivity index (χ2v) is 12.8. The molecule has 5 rings (SSSR count). The molecular formula is C29H33Cl2N3O2. The first-order valence-corrected chi connectivity index (χ1v) is 13.5. The zero-order valence-electron chi connectivity index (χ0n) is 21.0. The van der Waals surface area contributed by atoms with Crippen LogP contribution < -0.4 is 5.32 Å². The number of aliphatic hydroxyl groups is 1. The van der Waals surface area contributed by atoms with Gasteiger partial charge in [0.15, 0.2) is 0 Å². The Labute approximate surface area is 223 Å². The van der Waals surface area contributed by atoms with Gasteiger partial charge in [0, 0.05) is 35.0 Å². The standard InChI is InChI=1S/C29H33Cl2N3O2/c1-27(2,3)15-22-29(17-32,19-8-10-20(30)11-9-19)24(18-6-4-7-21(31)14-18)25(33-22)26(36)34-13-5-12-28(34)16-23(28)35/h4,6-11,14,22-25,33,35H,5,12-13,15-16H2,1-3H3/t22-,23?,24-,25+,28?,29-/m1/s1. The van der Waals surface area contributed by atoms with E-state index < -0.39 is 29.0 Å². The van der Waals surface area contributed by atoms with Crippen molar-refractivity contribution in [2.45, 2.75) is 81.5 Å². The number of aliphatic hydroxyl groups excluding tert-OH is 1. The lowest BCUT2D eigenvalue weighted by Crippen LogP contribution is -2.50. The zero-order valence-corrected chi connectivity index (χ0v) is 22.5. The van der Waals surface area contributed by atoms with Crippen LogP contribution >= 0.6 is 23.2 Å². The van der Waals surface area contributed by atoms with E-state index in [9.17, 15) is 15.2 Å². The van der Waals surface area contributed by atoms with E-state index >= 15 is 0 Å². The second kappa shape index (κ2) is 9.03. The third kappa shape index (κ3) is 4.13. The third-order valence-corrected chi connectivity index (χ3v) is 8.84. The van der Waals surface area contributed by atoms with Crippen LogP contribution in [0.1, 0.15) is 63.5 Å². The van der Waals surface area contributed by atoms with Gasteiger partial charge in [0.1, 0.15) is 5.41 Å². The van der Waals surface area contributed by atoms with E-state index in [-0.39, 0.29) is 17.4 Å².